The molecule has 1 atom stereocenters. The Hall–Kier alpha value is -1.33. The van der Waals surface area contributed by atoms with Crippen LogP contribution in [0.2, 0.25) is 0 Å². The highest BCUT2D eigenvalue weighted by atomic mass is 32.2. The van der Waals surface area contributed by atoms with Gasteiger partial charge < -0.3 is 9.52 Å². The van der Waals surface area contributed by atoms with Gasteiger partial charge in [-0.15, -0.1) is 0 Å². The van der Waals surface area contributed by atoms with Crippen LogP contribution in [-0.4, -0.2) is 10.4 Å². The van der Waals surface area contributed by atoms with E-state index in [0.29, 0.717) is 16.7 Å². The van der Waals surface area contributed by atoms with Crippen LogP contribution in [0.3, 0.4) is 0 Å². The third-order valence-electron chi connectivity index (χ3n) is 2.13. The Morgan fingerprint density at radius 3 is 2.41 bits per heavy atom. The van der Waals surface area contributed by atoms with Gasteiger partial charge in [0.15, 0.2) is 6.10 Å². The number of hydrogen-bond donors (Lipinski definition) is 1. The smallest absolute Gasteiger partial charge is 0.330 e. The van der Waals surface area contributed by atoms with E-state index < -0.39 is 11.4 Å². The number of thioether (sulfide) groups is 1. The molecule has 0 bridgehead atoms. The molecule has 0 spiro atoms. The molecule has 0 unspecified atom stereocenters. The normalized spacial score (nSPS) is 13.6. The fraction of sp³-hybridized carbons (Fsp3) is 0.167. The first-order valence-corrected chi connectivity index (χ1v) is 5.74. The molecule has 1 aromatic carbocycles. The second kappa shape index (κ2) is 4.89. The Bertz CT molecular complexity index is 457. The molecular formula is C12H10F2O2S. The van der Waals surface area contributed by atoms with E-state index >= 15 is 0 Å². The van der Waals surface area contributed by atoms with Crippen molar-refractivity contribution in [3.8, 4) is 0 Å². The molecule has 0 aliphatic heterocycles. The molecule has 0 radical (unpaired) electrons. The van der Waals surface area contributed by atoms with Crippen LogP contribution in [0.5, 0.6) is 0 Å². The molecule has 0 aliphatic carbocycles. The summed E-state index contributed by atoms with van der Waals surface area (Å²) in [6.45, 7) is 0. The van der Waals surface area contributed by atoms with Crippen LogP contribution in [0.1, 0.15) is 11.9 Å². The summed E-state index contributed by atoms with van der Waals surface area (Å²) >= 11 is 0.309. The summed E-state index contributed by atoms with van der Waals surface area (Å²) < 4.78 is 32.2. The zero-order valence-electron chi connectivity index (χ0n) is 8.72. The summed E-state index contributed by atoms with van der Waals surface area (Å²) in [6.07, 6.45) is -0.704. The minimum absolute atomic E-state index is 0.140. The van der Waals surface area contributed by atoms with Crippen LogP contribution in [0.15, 0.2) is 58.0 Å². The van der Waals surface area contributed by atoms with Gasteiger partial charge in [-0.25, -0.2) is 0 Å². The van der Waals surface area contributed by atoms with Gasteiger partial charge in [0.1, 0.15) is 5.76 Å². The van der Waals surface area contributed by atoms with Crippen molar-refractivity contribution in [2.24, 2.45) is 0 Å². The molecular weight excluding hydrogens is 246 g/mol. The Balaban J connectivity index is 2.14. The summed E-state index contributed by atoms with van der Waals surface area (Å²) in [5.74, 6) is -0.140. The van der Waals surface area contributed by atoms with Crippen molar-refractivity contribution in [3.63, 3.8) is 0 Å². The number of alkyl halides is 2. The maximum Gasteiger partial charge on any atom is 0.330 e. The SMILES string of the molecule is O[C@@H](c1ccco1)C(F)(F)Sc1ccccc1. The second-order valence-electron chi connectivity index (χ2n) is 3.39. The molecule has 0 aliphatic rings. The van der Waals surface area contributed by atoms with Crippen LogP contribution in [0, 0.1) is 0 Å². The first kappa shape index (κ1) is 12.1. The zero-order valence-corrected chi connectivity index (χ0v) is 9.53. The highest BCUT2D eigenvalue weighted by molar-refractivity contribution is 8.00. The van der Waals surface area contributed by atoms with Crippen molar-refractivity contribution in [2.45, 2.75) is 16.3 Å². The van der Waals surface area contributed by atoms with Gasteiger partial charge in [-0.05, 0) is 36.0 Å². The van der Waals surface area contributed by atoms with Crippen LogP contribution in [0.4, 0.5) is 8.78 Å². The van der Waals surface area contributed by atoms with Gasteiger partial charge >= 0.3 is 5.25 Å². The van der Waals surface area contributed by atoms with Crippen molar-refractivity contribution < 1.29 is 18.3 Å². The average molecular weight is 256 g/mol. The molecule has 90 valence electrons. The highest BCUT2D eigenvalue weighted by Gasteiger charge is 2.42. The number of aliphatic hydroxyl groups excluding tert-OH is 1. The molecule has 0 fully saturated rings. The molecule has 0 saturated carbocycles. The number of furan rings is 1. The highest BCUT2D eigenvalue weighted by Crippen LogP contribution is 2.44. The van der Waals surface area contributed by atoms with Gasteiger partial charge in [0.25, 0.3) is 0 Å². The quantitative estimate of drug-likeness (QED) is 0.847. The summed E-state index contributed by atoms with van der Waals surface area (Å²) in [4.78, 5) is 0.392. The molecule has 0 amide bonds. The van der Waals surface area contributed by atoms with E-state index in [4.69, 9.17) is 4.42 Å². The molecule has 17 heavy (non-hydrogen) atoms. The standard InChI is InChI=1S/C12H10F2O2S/c13-12(14,11(15)10-7-4-8-16-10)17-9-5-2-1-3-6-9/h1-8,11,15H/t11-/m0/s1. The van der Waals surface area contributed by atoms with E-state index in [9.17, 15) is 13.9 Å². The Labute approximate surface area is 101 Å². The minimum atomic E-state index is -3.33. The third-order valence-corrected chi connectivity index (χ3v) is 3.13. The van der Waals surface area contributed by atoms with Crippen molar-refractivity contribution in [2.75, 3.05) is 0 Å². The van der Waals surface area contributed by atoms with Gasteiger partial charge in [-0.2, -0.15) is 8.78 Å². The Morgan fingerprint density at radius 2 is 1.82 bits per heavy atom. The lowest BCUT2D eigenvalue weighted by Crippen LogP contribution is -2.21. The molecule has 2 rings (SSSR count). The van der Waals surface area contributed by atoms with Gasteiger partial charge in [0, 0.05) is 4.90 Å². The maximum absolute atomic E-state index is 13.7. The number of rotatable bonds is 4. The van der Waals surface area contributed by atoms with Crippen molar-refractivity contribution in [1.29, 1.82) is 0 Å². The lowest BCUT2D eigenvalue weighted by atomic mass is 10.3. The predicted octanol–water partition coefficient (Wildman–Crippen LogP) is 3.70. The van der Waals surface area contributed by atoms with Gasteiger partial charge in [-0.3, -0.25) is 0 Å². The Kier molecular flexibility index (Phi) is 3.49. The summed E-state index contributed by atoms with van der Waals surface area (Å²) in [5, 5.41) is 6.20. The zero-order chi connectivity index (χ0) is 12.3. The molecule has 5 heteroatoms. The molecule has 1 N–H and O–H groups in total. The lowest BCUT2D eigenvalue weighted by Gasteiger charge is -2.20. The lowest BCUT2D eigenvalue weighted by molar-refractivity contribution is -0.0460. The van der Waals surface area contributed by atoms with E-state index in [-0.39, 0.29) is 5.76 Å². The van der Waals surface area contributed by atoms with E-state index in [1.165, 1.54) is 18.4 Å². The summed E-state index contributed by atoms with van der Waals surface area (Å²) in [7, 11) is 0. The van der Waals surface area contributed by atoms with Crippen LogP contribution in [-0.2, 0) is 0 Å². The molecule has 1 aromatic heterocycles. The first-order chi connectivity index (χ1) is 8.09. The van der Waals surface area contributed by atoms with Crippen molar-refractivity contribution in [1.82, 2.24) is 0 Å². The predicted molar refractivity (Wildman–Crippen MR) is 60.9 cm³/mol. The van der Waals surface area contributed by atoms with Crippen LogP contribution < -0.4 is 0 Å². The van der Waals surface area contributed by atoms with E-state index in [1.807, 2.05) is 0 Å². The van der Waals surface area contributed by atoms with Crippen molar-refractivity contribution in [3.05, 3.63) is 54.5 Å². The number of benzene rings is 1. The topological polar surface area (TPSA) is 33.4 Å². The van der Waals surface area contributed by atoms with Gasteiger partial charge in [0.05, 0.1) is 6.26 Å². The van der Waals surface area contributed by atoms with Crippen LogP contribution in [0.25, 0.3) is 0 Å². The third kappa shape index (κ3) is 2.87. The second-order valence-corrected chi connectivity index (χ2v) is 4.61. The number of aliphatic hydroxyl groups is 1. The minimum Gasteiger partial charge on any atom is -0.466 e. The monoisotopic (exact) mass is 256 g/mol. The first-order valence-electron chi connectivity index (χ1n) is 4.93. The fourth-order valence-electron chi connectivity index (χ4n) is 1.31. The van der Waals surface area contributed by atoms with Gasteiger partial charge in [-0.1, -0.05) is 18.2 Å². The van der Waals surface area contributed by atoms with E-state index in [1.54, 1.807) is 30.3 Å². The number of halogens is 2. The summed E-state index contributed by atoms with van der Waals surface area (Å²) in [6, 6.07) is 11.0. The summed E-state index contributed by atoms with van der Waals surface area (Å²) in [5.41, 5.74) is 0. The number of hydrogen-bond acceptors (Lipinski definition) is 3. The largest absolute Gasteiger partial charge is 0.466 e. The maximum atomic E-state index is 13.7. The van der Waals surface area contributed by atoms with Gasteiger partial charge in [0.2, 0.25) is 0 Å². The van der Waals surface area contributed by atoms with Crippen molar-refractivity contribution >= 4 is 11.8 Å². The molecule has 1 heterocycles. The molecule has 0 saturated heterocycles. The fourth-order valence-corrected chi connectivity index (χ4v) is 2.15. The Morgan fingerprint density at radius 1 is 1.12 bits per heavy atom. The van der Waals surface area contributed by atoms with E-state index in [2.05, 4.69) is 0 Å². The average Bonchev–Trinajstić information content (AvgIpc) is 2.82. The molecule has 2 aromatic rings. The molecule has 2 nitrogen and oxygen atoms in total. The van der Waals surface area contributed by atoms with Crippen LogP contribution >= 0.6 is 11.8 Å². The van der Waals surface area contributed by atoms with E-state index in [0.717, 1.165) is 0 Å².